The highest BCUT2D eigenvalue weighted by atomic mass is 32.1. The molecule has 27 heavy (non-hydrogen) atoms. The highest BCUT2D eigenvalue weighted by molar-refractivity contribution is 7.09. The molecule has 6 nitrogen and oxygen atoms in total. The number of furan rings is 1. The minimum Gasteiger partial charge on any atom is -0.488 e. The highest BCUT2D eigenvalue weighted by Crippen LogP contribution is 2.30. The second kappa shape index (κ2) is 7.70. The Labute approximate surface area is 161 Å². The Bertz CT molecular complexity index is 956. The van der Waals surface area contributed by atoms with Crippen molar-refractivity contribution in [3.63, 3.8) is 0 Å². The van der Waals surface area contributed by atoms with Crippen LogP contribution >= 0.6 is 11.3 Å². The number of ether oxygens (including phenoxy) is 2. The van der Waals surface area contributed by atoms with Crippen molar-refractivity contribution in [1.82, 2.24) is 10.3 Å². The number of carbonyl (C=O) groups excluding carboxylic acids is 1. The molecule has 0 bridgehead atoms. The molecule has 3 aromatic rings. The number of fused-ring (bicyclic) bond motifs is 1. The summed E-state index contributed by atoms with van der Waals surface area (Å²) in [4.78, 5) is 18.2. The van der Waals surface area contributed by atoms with Gasteiger partial charge in [0, 0.05) is 24.6 Å². The van der Waals surface area contributed by atoms with Gasteiger partial charge in [-0.1, -0.05) is 0 Å². The third-order valence-electron chi connectivity index (χ3n) is 4.83. The number of amides is 1. The summed E-state index contributed by atoms with van der Waals surface area (Å²) in [5.74, 6) is 1.22. The van der Waals surface area contributed by atoms with Crippen molar-refractivity contribution >= 4 is 28.2 Å². The van der Waals surface area contributed by atoms with Gasteiger partial charge in [-0.3, -0.25) is 4.79 Å². The van der Waals surface area contributed by atoms with Gasteiger partial charge in [-0.25, -0.2) is 4.98 Å². The summed E-state index contributed by atoms with van der Waals surface area (Å²) >= 11 is 1.58. The Balaban J connectivity index is 1.55. The first-order chi connectivity index (χ1) is 13.1. The predicted octanol–water partition coefficient (Wildman–Crippen LogP) is 3.99. The smallest absolute Gasteiger partial charge is 0.255 e. The van der Waals surface area contributed by atoms with Crippen molar-refractivity contribution in [2.24, 2.45) is 0 Å². The van der Waals surface area contributed by atoms with E-state index >= 15 is 0 Å². The van der Waals surface area contributed by atoms with Crippen LogP contribution in [0.25, 0.3) is 11.0 Å². The first kappa shape index (κ1) is 18.0. The molecule has 1 N–H and O–H groups in total. The number of nitrogens with zero attached hydrogens (tertiary/aromatic N) is 1. The fourth-order valence-corrected chi connectivity index (χ4v) is 3.97. The standard InChI is InChI=1S/C20H22N2O4S/c1-12-18(27-11-21-12)10-25-15-3-4-17-16(9-15)19(13(2)26-17)20(23)22-14-5-7-24-8-6-14/h3-4,9,11,14H,5-8,10H2,1-2H3,(H,22,23). The predicted molar refractivity (Wildman–Crippen MR) is 103 cm³/mol. The summed E-state index contributed by atoms with van der Waals surface area (Å²) in [5, 5.41) is 3.88. The lowest BCUT2D eigenvalue weighted by Gasteiger charge is -2.23. The van der Waals surface area contributed by atoms with Crippen molar-refractivity contribution in [2.75, 3.05) is 13.2 Å². The van der Waals surface area contributed by atoms with Crippen molar-refractivity contribution < 1.29 is 18.7 Å². The summed E-state index contributed by atoms with van der Waals surface area (Å²) < 4.78 is 17.1. The van der Waals surface area contributed by atoms with Crippen LogP contribution in [0.2, 0.25) is 0 Å². The van der Waals surface area contributed by atoms with Crippen molar-refractivity contribution in [3.05, 3.63) is 45.6 Å². The number of hydrogen-bond acceptors (Lipinski definition) is 6. The van der Waals surface area contributed by atoms with Crippen LogP contribution in [0.5, 0.6) is 5.75 Å². The quantitative estimate of drug-likeness (QED) is 0.718. The number of thiazole rings is 1. The first-order valence-electron chi connectivity index (χ1n) is 9.05. The Kier molecular flexibility index (Phi) is 5.13. The second-order valence-corrected chi connectivity index (χ2v) is 7.64. The third-order valence-corrected chi connectivity index (χ3v) is 5.74. The molecule has 142 valence electrons. The van der Waals surface area contributed by atoms with E-state index in [0.717, 1.165) is 28.8 Å². The maximum Gasteiger partial charge on any atom is 0.255 e. The topological polar surface area (TPSA) is 73.6 Å². The molecule has 0 atom stereocenters. The summed E-state index contributed by atoms with van der Waals surface area (Å²) in [6, 6.07) is 5.73. The van der Waals surface area contributed by atoms with Gasteiger partial charge in [0.25, 0.3) is 5.91 Å². The molecule has 0 radical (unpaired) electrons. The molecule has 1 aliphatic heterocycles. The average molecular weight is 386 g/mol. The molecule has 1 fully saturated rings. The van der Waals surface area contributed by atoms with E-state index in [-0.39, 0.29) is 11.9 Å². The number of benzene rings is 1. The van der Waals surface area contributed by atoms with Crippen LogP contribution in [0, 0.1) is 13.8 Å². The molecular weight excluding hydrogens is 364 g/mol. The number of carbonyl (C=O) groups is 1. The number of aryl methyl sites for hydroxylation is 2. The molecule has 7 heteroatoms. The van der Waals surface area contributed by atoms with Gasteiger partial charge in [0.05, 0.1) is 21.6 Å². The summed E-state index contributed by atoms with van der Waals surface area (Å²) in [6.45, 7) is 5.62. The largest absolute Gasteiger partial charge is 0.488 e. The number of rotatable bonds is 5. The third kappa shape index (κ3) is 3.84. The molecule has 0 spiro atoms. The lowest BCUT2D eigenvalue weighted by Crippen LogP contribution is -2.39. The van der Waals surface area contributed by atoms with E-state index in [1.807, 2.05) is 37.6 Å². The summed E-state index contributed by atoms with van der Waals surface area (Å²) in [6.07, 6.45) is 1.67. The molecule has 0 saturated carbocycles. The van der Waals surface area contributed by atoms with Gasteiger partial charge >= 0.3 is 0 Å². The second-order valence-electron chi connectivity index (χ2n) is 6.70. The van der Waals surface area contributed by atoms with Gasteiger partial charge in [-0.2, -0.15) is 0 Å². The van der Waals surface area contributed by atoms with Crippen LogP contribution in [0.15, 0.2) is 28.1 Å². The molecule has 0 unspecified atom stereocenters. The fourth-order valence-electron chi connectivity index (χ4n) is 3.28. The van der Waals surface area contributed by atoms with Crippen LogP contribution in [-0.4, -0.2) is 30.1 Å². The van der Waals surface area contributed by atoms with E-state index in [4.69, 9.17) is 13.9 Å². The van der Waals surface area contributed by atoms with Crippen molar-refractivity contribution in [3.8, 4) is 5.75 Å². The highest BCUT2D eigenvalue weighted by Gasteiger charge is 2.22. The lowest BCUT2D eigenvalue weighted by molar-refractivity contribution is 0.0696. The molecular formula is C20H22N2O4S. The fraction of sp³-hybridized carbons (Fsp3) is 0.400. The Morgan fingerprint density at radius 3 is 2.89 bits per heavy atom. The molecule has 1 saturated heterocycles. The maximum absolute atomic E-state index is 12.9. The van der Waals surface area contributed by atoms with Crippen LogP contribution in [0.3, 0.4) is 0 Å². The minimum absolute atomic E-state index is 0.103. The van der Waals surface area contributed by atoms with Gasteiger partial charge in [0.2, 0.25) is 0 Å². The Morgan fingerprint density at radius 1 is 1.33 bits per heavy atom. The minimum atomic E-state index is -0.103. The molecule has 3 heterocycles. The average Bonchev–Trinajstić information content (AvgIpc) is 3.22. The van der Waals surface area contributed by atoms with E-state index in [9.17, 15) is 4.79 Å². The zero-order valence-corrected chi connectivity index (χ0v) is 16.2. The van der Waals surface area contributed by atoms with Crippen LogP contribution in [-0.2, 0) is 11.3 Å². The number of aromatic nitrogens is 1. The molecule has 0 aliphatic carbocycles. The molecule has 2 aromatic heterocycles. The maximum atomic E-state index is 12.9. The van der Waals surface area contributed by atoms with Gasteiger partial charge in [0.1, 0.15) is 23.7 Å². The normalized spacial score (nSPS) is 15.2. The van der Waals surface area contributed by atoms with Crippen LogP contribution in [0.4, 0.5) is 0 Å². The van der Waals surface area contributed by atoms with Gasteiger partial charge < -0.3 is 19.2 Å². The van der Waals surface area contributed by atoms with Crippen molar-refractivity contribution in [1.29, 1.82) is 0 Å². The number of hydrogen-bond donors (Lipinski definition) is 1. The van der Waals surface area contributed by atoms with Crippen molar-refractivity contribution in [2.45, 2.75) is 39.3 Å². The van der Waals surface area contributed by atoms with E-state index in [1.54, 1.807) is 11.3 Å². The Hall–Kier alpha value is -2.38. The van der Waals surface area contributed by atoms with Gasteiger partial charge in [0.15, 0.2) is 0 Å². The van der Waals surface area contributed by atoms with Gasteiger partial charge in [-0.15, -0.1) is 11.3 Å². The summed E-state index contributed by atoms with van der Waals surface area (Å²) in [5.41, 5.74) is 4.06. The van der Waals surface area contributed by atoms with E-state index in [0.29, 0.717) is 42.5 Å². The molecule has 1 aliphatic rings. The SMILES string of the molecule is Cc1ncsc1COc1ccc2oc(C)c(C(=O)NC3CCOCC3)c2c1. The monoisotopic (exact) mass is 386 g/mol. The molecule has 4 rings (SSSR count). The van der Waals surface area contributed by atoms with Crippen LogP contribution in [0.1, 0.15) is 39.5 Å². The zero-order valence-electron chi connectivity index (χ0n) is 15.4. The lowest BCUT2D eigenvalue weighted by atomic mass is 10.1. The van der Waals surface area contributed by atoms with Gasteiger partial charge in [-0.05, 0) is 44.9 Å². The first-order valence-corrected chi connectivity index (χ1v) is 9.93. The number of nitrogens with one attached hydrogen (secondary N) is 1. The molecule has 1 aromatic carbocycles. The Morgan fingerprint density at radius 2 is 2.15 bits per heavy atom. The zero-order chi connectivity index (χ0) is 18.8. The van der Waals surface area contributed by atoms with Crippen LogP contribution < -0.4 is 10.1 Å². The summed E-state index contributed by atoms with van der Waals surface area (Å²) in [7, 11) is 0. The molecule has 1 amide bonds. The van der Waals surface area contributed by atoms with E-state index in [2.05, 4.69) is 10.3 Å². The van der Waals surface area contributed by atoms with E-state index < -0.39 is 0 Å². The van der Waals surface area contributed by atoms with E-state index in [1.165, 1.54) is 0 Å².